The smallest absolute Gasteiger partial charge is 0.0431 e. The van der Waals surface area contributed by atoms with Gasteiger partial charge in [0, 0.05) is 29.7 Å². The molecule has 5 heteroatoms. The average molecular weight is 291 g/mol. The Morgan fingerprint density at radius 3 is 2.52 bits per heavy atom. The van der Waals surface area contributed by atoms with Gasteiger partial charge in [0.15, 0.2) is 0 Å². The van der Waals surface area contributed by atoms with Crippen molar-refractivity contribution in [3.05, 3.63) is 24.0 Å². The molecule has 0 amide bonds. The van der Waals surface area contributed by atoms with Crippen molar-refractivity contribution >= 4 is 5.69 Å². The Hall–Kier alpha value is -1.17. The van der Waals surface area contributed by atoms with Crippen molar-refractivity contribution in [3.63, 3.8) is 0 Å². The van der Waals surface area contributed by atoms with Crippen LogP contribution in [0.15, 0.2) is 18.5 Å². The van der Waals surface area contributed by atoms with Crippen molar-refractivity contribution < 1.29 is 0 Å². The van der Waals surface area contributed by atoms with E-state index in [1.807, 2.05) is 12.3 Å². The summed E-state index contributed by atoms with van der Waals surface area (Å²) in [6.45, 7) is 6.84. The normalized spacial score (nSPS) is 19.2. The quantitative estimate of drug-likeness (QED) is 0.568. The van der Waals surface area contributed by atoms with Gasteiger partial charge in [0.1, 0.15) is 0 Å². The average Bonchev–Trinajstić information content (AvgIpc) is 2.75. The molecule has 5 N–H and O–H groups in total. The van der Waals surface area contributed by atoms with E-state index in [9.17, 15) is 0 Å². The molecule has 118 valence electrons. The Bertz CT molecular complexity index is 438. The fraction of sp³-hybridized carbons (Fsp3) is 0.688. The van der Waals surface area contributed by atoms with Crippen LogP contribution >= 0.6 is 0 Å². The van der Waals surface area contributed by atoms with Gasteiger partial charge in [-0.3, -0.25) is 21.2 Å². The molecule has 0 spiro atoms. The van der Waals surface area contributed by atoms with Crippen LogP contribution in [0.1, 0.15) is 45.1 Å². The monoisotopic (exact) mass is 291 g/mol. The lowest BCUT2D eigenvalue weighted by Gasteiger charge is -2.43. The molecular weight excluding hydrogens is 262 g/mol. The Labute approximate surface area is 128 Å². The minimum atomic E-state index is -0.0125. The molecule has 1 atom stereocenters. The van der Waals surface area contributed by atoms with Gasteiger partial charge in [0.05, 0.1) is 0 Å². The van der Waals surface area contributed by atoms with E-state index < -0.39 is 0 Å². The number of anilines is 1. The molecule has 0 saturated carbocycles. The van der Waals surface area contributed by atoms with Crippen LogP contribution in [0.2, 0.25) is 0 Å². The molecule has 2 heterocycles. The molecule has 2 rings (SSSR count). The molecule has 1 aromatic rings. The Balaban J connectivity index is 2.12. The highest BCUT2D eigenvalue weighted by Gasteiger charge is 2.35. The lowest BCUT2D eigenvalue weighted by atomic mass is 9.87. The number of nitrogen functional groups attached to an aromatic ring is 1. The van der Waals surface area contributed by atoms with Gasteiger partial charge in [-0.15, -0.1) is 0 Å². The Morgan fingerprint density at radius 1 is 1.29 bits per heavy atom. The first-order valence-electron chi connectivity index (χ1n) is 7.95. The molecule has 1 unspecified atom stereocenters. The molecule has 1 saturated heterocycles. The van der Waals surface area contributed by atoms with Gasteiger partial charge in [-0.1, -0.05) is 12.8 Å². The second kappa shape index (κ2) is 7.20. The molecule has 0 radical (unpaired) electrons. The van der Waals surface area contributed by atoms with E-state index in [1.54, 1.807) is 6.20 Å². The van der Waals surface area contributed by atoms with Gasteiger partial charge >= 0.3 is 0 Å². The molecular formula is C16H29N5. The van der Waals surface area contributed by atoms with E-state index in [0.29, 0.717) is 0 Å². The SMILES string of the molecule is CC(C)(C(Cc1cnccc1N)NN)N1CCCCCC1. The lowest BCUT2D eigenvalue weighted by molar-refractivity contribution is 0.0835. The van der Waals surface area contributed by atoms with Gasteiger partial charge in [-0.25, -0.2) is 0 Å². The minimum absolute atomic E-state index is 0.0125. The predicted octanol–water partition coefficient (Wildman–Crippen LogP) is 1.69. The van der Waals surface area contributed by atoms with Crippen LogP contribution in [0.4, 0.5) is 5.69 Å². The van der Waals surface area contributed by atoms with Crippen molar-refractivity contribution in [3.8, 4) is 0 Å². The molecule has 5 nitrogen and oxygen atoms in total. The number of aromatic nitrogens is 1. The molecule has 0 aliphatic carbocycles. The zero-order valence-corrected chi connectivity index (χ0v) is 13.3. The topological polar surface area (TPSA) is 80.2 Å². The van der Waals surface area contributed by atoms with E-state index >= 15 is 0 Å². The molecule has 1 aromatic heterocycles. The van der Waals surface area contributed by atoms with Crippen molar-refractivity contribution in [2.75, 3.05) is 18.8 Å². The molecule has 0 aromatic carbocycles. The maximum absolute atomic E-state index is 6.05. The standard InChI is InChI=1S/C16H29N5/c1-16(2,21-9-5-3-4-6-10-21)15(20-18)11-13-12-19-8-7-14(13)17/h7-8,12,15,20H,3-6,9-11,18H2,1-2H3,(H2,17,19). The summed E-state index contributed by atoms with van der Waals surface area (Å²) in [7, 11) is 0. The molecule has 1 aliphatic rings. The van der Waals surface area contributed by atoms with Crippen molar-refractivity contribution in [2.24, 2.45) is 5.84 Å². The number of nitrogens with two attached hydrogens (primary N) is 2. The van der Waals surface area contributed by atoms with Crippen LogP contribution in [0.25, 0.3) is 0 Å². The third-order valence-corrected chi connectivity index (χ3v) is 4.84. The first-order chi connectivity index (χ1) is 10.1. The van der Waals surface area contributed by atoms with Crippen molar-refractivity contribution in [2.45, 2.75) is 57.5 Å². The second-order valence-corrected chi connectivity index (χ2v) is 6.55. The van der Waals surface area contributed by atoms with Crippen LogP contribution in [0.3, 0.4) is 0 Å². The summed E-state index contributed by atoms with van der Waals surface area (Å²) in [6, 6.07) is 1.99. The molecule has 21 heavy (non-hydrogen) atoms. The number of nitrogens with one attached hydrogen (secondary N) is 1. The maximum atomic E-state index is 6.05. The van der Waals surface area contributed by atoms with Gasteiger partial charge in [-0.05, 0) is 57.8 Å². The number of hydrazine groups is 1. The van der Waals surface area contributed by atoms with Crippen molar-refractivity contribution in [1.29, 1.82) is 0 Å². The summed E-state index contributed by atoms with van der Waals surface area (Å²) >= 11 is 0. The van der Waals surface area contributed by atoms with E-state index in [0.717, 1.165) is 30.8 Å². The van der Waals surface area contributed by atoms with E-state index in [1.165, 1.54) is 25.7 Å². The number of nitrogens with zero attached hydrogens (tertiary/aromatic N) is 2. The van der Waals surface area contributed by atoms with Crippen LogP contribution in [0, 0.1) is 0 Å². The summed E-state index contributed by atoms with van der Waals surface area (Å²) in [5.74, 6) is 5.86. The number of hydrogen-bond donors (Lipinski definition) is 3. The maximum Gasteiger partial charge on any atom is 0.0431 e. The molecule has 1 aliphatic heterocycles. The summed E-state index contributed by atoms with van der Waals surface area (Å²) in [6.07, 6.45) is 9.58. The number of likely N-dealkylation sites (tertiary alicyclic amines) is 1. The van der Waals surface area contributed by atoms with E-state index in [4.69, 9.17) is 11.6 Å². The summed E-state index contributed by atoms with van der Waals surface area (Å²) < 4.78 is 0. The van der Waals surface area contributed by atoms with Crippen LogP contribution < -0.4 is 17.0 Å². The first kappa shape index (κ1) is 16.2. The van der Waals surface area contributed by atoms with Crippen LogP contribution in [0.5, 0.6) is 0 Å². The largest absolute Gasteiger partial charge is 0.398 e. The van der Waals surface area contributed by atoms with Crippen LogP contribution in [-0.2, 0) is 6.42 Å². The molecule has 0 bridgehead atoms. The van der Waals surface area contributed by atoms with Crippen LogP contribution in [-0.4, -0.2) is 34.6 Å². The highest BCUT2D eigenvalue weighted by molar-refractivity contribution is 5.44. The van der Waals surface area contributed by atoms with Gasteiger partial charge < -0.3 is 5.73 Å². The zero-order chi connectivity index (χ0) is 15.3. The van der Waals surface area contributed by atoms with Crippen molar-refractivity contribution in [1.82, 2.24) is 15.3 Å². The first-order valence-corrected chi connectivity index (χ1v) is 7.95. The summed E-state index contributed by atoms with van der Waals surface area (Å²) in [5.41, 5.74) is 10.9. The third kappa shape index (κ3) is 3.93. The van der Waals surface area contributed by atoms with Gasteiger partial charge in [0.2, 0.25) is 0 Å². The predicted molar refractivity (Wildman–Crippen MR) is 87.6 cm³/mol. The van der Waals surface area contributed by atoms with E-state index in [-0.39, 0.29) is 11.6 Å². The minimum Gasteiger partial charge on any atom is -0.398 e. The second-order valence-electron chi connectivity index (χ2n) is 6.55. The highest BCUT2D eigenvalue weighted by atomic mass is 15.3. The number of rotatable bonds is 5. The zero-order valence-electron chi connectivity index (χ0n) is 13.3. The summed E-state index contributed by atoms with van der Waals surface area (Å²) in [4.78, 5) is 6.75. The number of hydrogen-bond acceptors (Lipinski definition) is 5. The van der Waals surface area contributed by atoms with E-state index in [2.05, 4.69) is 29.2 Å². The van der Waals surface area contributed by atoms with Gasteiger partial charge in [0.25, 0.3) is 0 Å². The lowest BCUT2D eigenvalue weighted by Crippen LogP contribution is -2.60. The Morgan fingerprint density at radius 2 is 1.95 bits per heavy atom. The van der Waals surface area contributed by atoms with Gasteiger partial charge in [-0.2, -0.15) is 0 Å². The fourth-order valence-electron chi connectivity index (χ4n) is 3.21. The summed E-state index contributed by atoms with van der Waals surface area (Å²) in [5, 5.41) is 0. The highest BCUT2D eigenvalue weighted by Crippen LogP contribution is 2.26. The molecule has 1 fully saturated rings. The third-order valence-electron chi connectivity index (χ3n) is 4.84. The number of pyridine rings is 1. The Kier molecular flexibility index (Phi) is 5.56. The fourth-order valence-corrected chi connectivity index (χ4v) is 3.21.